The molecule has 1 aromatic carbocycles. The zero-order chi connectivity index (χ0) is 16.5. The molecule has 0 spiro atoms. The van der Waals surface area contributed by atoms with Crippen LogP contribution in [-0.2, 0) is 6.54 Å². The number of nitrogens with one attached hydrogen (secondary N) is 1. The van der Waals surface area contributed by atoms with Crippen LogP contribution in [0, 0.1) is 11.8 Å². The van der Waals surface area contributed by atoms with E-state index in [9.17, 15) is 0 Å². The number of H-pyrrole nitrogens is 1. The van der Waals surface area contributed by atoms with E-state index in [0.717, 1.165) is 18.4 Å². The van der Waals surface area contributed by atoms with Gasteiger partial charge in [-0.05, 0) is 73.3 Å². The van der Waals surface area contributed by atoms with Gasteiger partial charge < -0.3 is 4.98 Å². The lowest BCUT2D eigenvalue weighted by molar-refractivity contribution is 0.132. The van der Waals surface area contributed by atoms with E-state index in [1.807, 2.05) is 6.20 Å². The molecule has 1 saturated carbocycles. The number of fused-ring (bicyclic) bond motifs is 1. The Morgan fingerprint density at radius 2 is 2.04 bits per heavy atom. The van der Waals surface area contributed by atoms with Gasteiger partial charge in [0, 0.05) is 37.4 Å². The van der Waals surface area contributed by atoms with Crippen molar-refractivity contribution in [2.24, 2.45) is 11.8 Å². The van der Waals surface area contributed by atoms with Gasteiger partial charge in [-0.25, -0.2) is 0 Å². The van der Waals surface area contributed by atoms with Crippen LogP contribution in [0.25, 0.3) is 10.9 Å². The summed E-state index contributed by atoms with van der Waals surface area (Å²) in [6.45, 7) is 11.0. The molecule has 24 heavy (non-hydrogen) atoms. The van der Waals surface area contributed by atoms with Crippen molar-refractivity contribution in [3.05, 3.63) is 36.0 Å². The van der Waals surface area contributed by atoms with Crippen molar-refractivity contribution >= 4 is 10.9 Å². The number of aromatic amines is 1. The second-order valence-electron chi connectivity index (χ2n) is 8.24. The Labute approximate surface area is 146 Å². The van der Waals surface area contributed by atoms with Crippen LogP contribution >= 0.6 is 0 Å². The van der Waals surface area contributed by atoms with Gasteiger partial charge in [-0.3, -0.25) is 9.80 Å². The van der Waals surface area contributed by atoms with E-state index in [1.165, 1.54) is 61.9 Å². The van der Waals surface area contributed by atoms with Crippen LogP contribution in [0.15, 0.2) is 30.5 Å². The molecular formula is C21H31N3. The van der Waals surface area contributed by atoms with Crippen molar-refractivity contribution in [1.82, 2.24) is 14.8 Å². The summed E-state index contributed by atoms with van der Waals surface area (Å²) in [6, 6.07) is 9.75. The minimum absolute atomic E-state index is 0.712. The summed E-state index contributed by atoms with van der Waals surface area (Å²) in [5.74, 6) is 1.73. The third kappa shape index (κ3) is 3.68. The van der Waals surface area contributed by atoms with Crippen LogP contribution in [0.3, 0.4) is 0 Å². The molecule has 0 radical (unpaired) electrons. The highest BCUT2D eigenvalue weighted by molar-refractivity contribution is 5.79. The summed E-state index contributed by atoms with van der Waals surface area (Å²) in [6.07, 6.45) is 6.26. The van der Waals surface area contributed by atoms with Crippen LogP contribution in [0.4, 0.5) is 0 Å². The molecule has 130 valence electrons. The van der Waals surface area contributed by atoms with Crippen molar-refractivity contribution in [2.75, 3.05) is 26.2 Å². The van der Waals surface area contributed by atoms with Gasteiger partial charge >= 0.3 is 0 Å². The summed E-state index contributed by atoms with van der Waals surface area (Å²) in [5, 5.41) is 1.33. The van der Waals surface area contributed by atoms with Gasteiger partial charge in [0.15, 0.2) is 0 Å². The minimum atomic E-state index is 0.712. The first-order chi connectivity index (χ1) is 11.7. The number of benzene rings is 1. The van der Waals surface area contributed by atoms with Crippen molar-refractivity contribution < 1.29 is 0 Å². The fourth-order valence-electron chi connectivity index (χ4n) is 4.23. The Hall–Kier alpha value is -1.32. The molecule has 0 bridgehead atoms. The normalized spacial score (nSPS) is 23.9. The maximum atomic E-state index is 3.29. The highest BCUT2D eigenvalue weighted by atomic mass is 15.2. The standard InChI is InChI=1S/C21H31N3/c1-16(2)21-15-23(10-3-11-24(21)14-17-4-5-17)13-18-6-7-20-19(12-18)8-9-22-20/h6-9,12,16-17,21-22H,3-5,10-11,13-15H2,1-2H3/t21-/m0/s1. The quantitative estimate of drug-likeness (QED) is 0.894. The summed E-state index contributed by atoms with van der Waals surface area (Å²) >= 11 is 0. The number of hydrogen-bond donors (Lipinski definition) is 1. The molecule has 1 atom stereocenters. The molecule has 1 saturated heterocycles. The SMILES string of the molecule is CC(C)[C@@H]1CN(Cc2ccc3[nH]ccc3c2)CCCN1CC1CC1. The zero-order valence-electron chi connectivity index (χ0n) is 15.2. The van der Waals surface area contributed by atoms with Gasteiger partial charge in [-0.15, -0.1) is 0 Å². The molecule has 3 heteroatoms. The van der Waals surface area contributed by atoms with Gasteiger partial charge in [0.25, 0.3) is 0 Å². The second kappa shape index (κ2) is 6.89. The van der Waals surface area contributed by atoms with Crippen LogP contribution in [0.1, 0.15) is 38.7 Å². The predicted molar refractivity (Wildman–Crippen MR) is 101 cm³/mol. The summed E-state index contributed by atoms with van der Waals surface area (Å²) in [5.41, 5.74) is 2.69. The Morgan fingerprint density at radius 1 is 1.17 bits per heavy atom. The third-order valence-electron chi connectivity index (χ3n) is 5.82. The molecule has 1 aromatic heterocycles. The van der Waals surface area contributed by atoms with Crippen LogP contribution in [0.5, 0.6) is 0 Å². The molecule has 4 rings (SSSR count). The van der Waals surface area contributed by atoms with E-state index in [1.54, 1.807) is 0 Å². The van der Waals surface area contributed by atoms with Gasteiger partial charge in [-0.2, -0.15) is 0 Å². The van der Waals surface area contributed by atoms with E-state index in [0.29, 0.717) is 6.04 Å². The molecule has 0 unspecified atom stereocenters. The molecule has 2 aliphatic rings. The summed E-state index contributed by atoms with van der Waals surface area (Å²) in [4.78, 5) is 8.78. The first kappa shape index (κ1) is 16.2. The smallest absolute Gasteiger partial charge is 0.0454 e. The first-order valence-electron chi connectivity index (χ1n) is 9.71. The first-order valence-corrected chi connectivity index (χ1v) is 9.71. The Morgan fingerprint density at radius 3 is 2.83 bits per heavy atom. The fourth-order valence-corrected chi connectivity index (χ4v) is 4.23. The number of rotatable bonds is 5. The fraction of sp³-hybridized carbons (Fsp3) is 0.619. The van der Waals surface area contributed by atoms with E-state index >= 15 is 0 Å². The Bertz CT molecular complexity index is 671. The summed E-state index contributed by atoms with van der Waals surface area (Å²) in [7, 11) is 0. The lowest BCUT2D eigenvalue weighted by Crippen LogP contribution is -2.45. The zero-order valence-corrected chi connectivity index (χ0v) is 15.2. The topological polar surface area (TPSA) is 22.3 Å². The number of nitrogens with zero attached hydrogens (tertiary/aromatic N) is 2. The van der Waals surface area contributed by atoms with E-state index in [4.69, 9.17) is 0 Å². The van der Waals surface area contributed by atoms with Crippen molar-refractivity contribution in [3.8, 4) is 0 Å². The molecule has 1 aliphatic heterocycles. The third-order valence-corrected chi connectivity index (χ3v) is 5.82. The van der Waals surface area contributed by atoms with Gasteiger partial charge in [0.05, 0.1) is 0 Å². The molecule has 0 amide bonds. The van der Waals surface area contributed by atoms with Crippen LogP contribution < -0.4 is 0 Å². The maximum Gasteiger partial charge on any atom is 0.0454 e. The summed E-state index contributed by atoms with van der Waals surface area (Å²) < 4.78 is 0. The molecule has 1 N–H and O–H groups in total. The van der Waals surface area contributed by atoms with Gasteiger partial charge in [-0.1, -0.05) is 19.9 Å². The highest BCUT2D eigenvalue weighted by Gasteiger charge is 2.32. The van der Waals surface area contributed by atoms with Crippen LogP contribution in [-0.4, -0.2) is 47.0 Å². The molecule has 3 nitrogen and oxygen atoms in total. The number of hydrogen-bond acceptors (Lipinski definition) is 2. The monoisotopic (exact) mass is 325 g/mol. The molecular weight excluding hydrogens is 294 g/mol. The molecule has 2 heterocycles. The Kier molecular flexibility index (Phi) is 4.64. The van der Waals surface area contributed by atoms with Gasteiger partial charge in [0.1, 0.15) is 0 Å². The van der Waals surface area contributed by atoms with Gasteiger partial charge in [0.2, 0.25) is 0 Å². The van der Waals surface area contributed by atoms with Crippen LogP contribution in [0.2, 0.25) is 0 Å². The highest BCUT2D eigenvalue weighted by Crippen LogP contribution is 2.32. The van der Waals surface area contributed by atoms with E-state index < -0.39 is 0 Å². The minimum Gasteiger partial charge on any atom is -0.361 e. The largest absolute Gasteiger partial charge is 0.361 e. The lowest BCUT2D eigenvalue weighted by Gasteiger charge is -2.34. The molecule has 1 aliphatic carbocycles. The van der Waals surface area contributed by atoms with E-state index in [-0.39, 0.29) is 0 Å². The molecule has 2 aromatic rings. The van der Waals surface area contributed by atoms with Crippen molar-refractivity contribution in [1.29, 1.82) is 0 Å². The average Bonchev–Trinajstić information content (AvgIpc) is 3.29. The lowest BCUT2D eigenvalue weighted by atomic mass is 10.0. The maximum absolute atomic E-state index is 3.29. The predicted octanol–water partition coefficient (Wildman–Crippen LogP) is 4.11. The average molecular weight is 326 g/mol. The second-order valence-corrected chi connectivity index (χ2v) is 8.24. The van der Waals surface area contributed by atoms with Crippen molar-refractivity contribution in [2.45, 2.75) is 45.7 Å². The molecule has 2 fully saturated rings. The van der Waals surface area contributed by atoms with E-state index in [2.05, 4.69) is 52.9 Å². The Balaban J connectivity index is 1.45. The number of aromatic nitrogens is 1. The van der Waals surface area contributed by atoms with Crippen molar-refractivity contribution in [3.63, 3.8) is 0 Å².